The lowest BCUT2D eigenvalue weighted by Gasteiger charge is -2.24. The molecule has 2 rings (SSSR count). The van der Waals surface area contributed by atoms with Gasteiger partial charge >= 0.3 is 12.3 Å². The fourth-order valence-corrected chi connectivity index (χ4v) is 2.33. The summed E-state index contributed by atoms with van der Waals surface area (Å²) in [5.41, 5.74) is -1.66. The van der Waals surface area contributed by atoms with Crippen LogP contribution in [0, 0.1) is 0 Å². The quantitative estimate of drug-likeness (QED) is 0.835. The van der Waals surface area contributed by atoms with Crippen molar-refractivity contribution < 1.29 is 27.5 Å². The average molecular weight is 333 g/mol. The van der Waals surface area contributed by atoms with Crippen LogP contribution in [0.5, 0.6) is 0 Å². The fourth-order valence-electron chi connectivity index (χ4n) is 2.33. The molecule has 0 bridgehead atoms. The molecule has 1 amide bonds. The number of hydrogen-bond acceptors (Lipinski definition) is 4. The molecule has 0 aromatic carbocycles. The van der Waals surface area contributed by atoms with Crippen LogP contribution in [0.15, 0.2) is 0 Å². The number of carbonyl (C=O) groups is 2. The predicted octanol–water partition coefficient (Wildman–Crippen LogP) is 2.74. The smallest absolute Gasteiger partial charge is 0.435 e. The second kappa shape index (κ2) is 5.54. The van der Waals surface area contributed by atoms with Crippen LogP contribution in [0.25, 0.3) is 0 Å². The first-order chi connectivity index (χ1) is 10.4. The molecule has 1 aliphatic heterocycles. The number of ketones is 1. The molecule has 9 heteroatoms. The zero-order valence-corrected chi connectivity index (χ0v) is 13.3. The third-order valence-corrected chi connectivity index (χ3v) is 3.15. The summed E-state index contributed by atoms with van der Waals surface area (Å²) >= 11 is 0. The van der Waals surface area contributed by atoms with Gasteiger partial charge in [-0.3, -0.25) is 14.4 Å². The Bertz CT molecular complexity index is 644. The normalized spacial score (nSPS) is 14.8. The molecule has 0 atom stereocenters. The zero-order valence-electron chi connectivity index (χ0n) is 13.3. The van der Waals surface area contributed by atoms with E-state index in [1.165, 1.54) is 11.8 Å². The molecule has 1 aromatic heterocycles. The molecule has 0 spiro atoms. The number of aromatic nitrogens is 2. The van der Waals surface area contributed by atoms with Crippen molar-refractivity contribution in [2.45, 2.75) is 59.1 Å². The number of hydrogen-bond donors (Lipinski definition) is 0. The Hall–Kier alpha value is -2.06. The average Bonchev–Trinajstić information content (AvgIpc) is 2.85. The van der Waals surface area contributed by atoms with Crippen LogP contribution in [0.3, 0.4) is 0 Å². The topological polar surface area (TPSA) is 64.4 Å². The molecule has 2 heterocycles. The van der Waals surface area contributed by atoms with Crippen LogP contribution < -0.4 is 0 Å². The van der Waals surface area contributed by atoms with Gasteiger partial charge in [-0.05, 0) is 27.7 Å². The first kappa shape index (κ1) is 17.3. The molecule has 23 heavy (non-hydrogen) atoms. The molecule has 128 valence electrons. The highest BCUT2D eigenvalue weighted by molar-refractivity contribution is 5.75. The number of fused-ring (bicyclic) bond motifs is 1. The van der Waals surface area contributed by atoms with E-state index < -0.39 is 23.6 Å². The summed E-state index contributed by atoms with van der Waals surface area (Å²) in [6.45, 7) is 5.71. The van der Waals surface area contributed by atoms with E-state index in [-0.39, 0.29) is 36.7 Å². The largest absolute Gasteiger partial charge is 0.444 e. The van der Waals surface area contributed by atoms with E-state index in [4.69, 9.17) is 4.74 Å². The summed E-state index contributed by atoms with van der Waals surface area (Å²) < 4.78 is 45.5. The van der Waals surface area contributed by atoms with Crippen molar-refractivity contribution in [3.8, 4) is 0 Å². The molecule has 1 aliphatic rings. The van der Waals surface area contributed by atoms with Gasteiger partial charge in [0.2, 0.25) is 0 Å². The van der Waals surface area contributed by atoms with Gasteiger partial charge in [0.1, 0.15) is 5.60 Å². The summed E-state index contributed by atoms with van der Waals surface area (Å²) in [6.07, 6.45) is -5.34. The lowest BCUT2D eigenvalue weighted by atomic mass is 10.2. The molecule has 0 fully saturated rings. The van der Waals surface area contributed by atoms with E-state index >= 15 is 0 Å². The first-order valence-corrected chi connectivity index (χ1v) is 7.01. The number of ether oxygens (including phenoxy) is 1. The van der Waals surface area contributed by atoms with E-state index in [2.05, 4.69) is 5.10 Å². The highest BCUT2D eigenvalue weighted by atomic mass is 19.4. The minimum Gasteiger partial charge on any atom is -0.444 e. The van der Waals surface area contributed by atoms with Crippen LogP contribution >= 0.6 is 0 Å². The second-order valence-corrected chi connectivity index (χ2v) is 6.47. The molecule has 0 radical (unpaired) electrons. The Balaban J connectivity index is 2.31. The van der Waals surface area contributed by atoms with Crippen LogP contribution in [0.4, 0.5) is 18.0 Å². The molecular formula is C14H18F3N3O3. The van der Waals surface area contributed by atoms with E-state index in [1.54, 1.807) is 20.8 Å². The van der Waals surface area contributed by atoms with Crippen molar-refractivity contribution in [1.82, 2.24) is 14.7 Å². The Morgan fingerprint density at radius 3 is 2.30 bits per heavy atom. The molecule has 0 saturated carbocycles. The van der Waals surface area contributed by atoms with Gasteiger partial charge < -0.3 is 4.74 Å². The summed E-state index contributed by atoms with van der Waals surface area (Å²) in [4.78, 5) is 24.4. The number of amides is 1. The van der Waals surface area contributed by atoms with E-state index in [1.807, 2.05) is 0 Å². The number of nitrogens with zero attached hydrogens (tertiary/aromatic N) is 3. The summed E-state index contributed by atoms with van der Waals surface area (Å²) in [5, 5.41) is 3.50. The second-order valence-electron chi connectivity index (χ2n) is 6.47. The van der Waals surface area contributed by atoms with Gasteiger partial charge in [0, 0.05) is 5.56 Å². The van der Waals surface area contributed by atoms with Gasteiger partial charge in [-0.2, -0.15) is 18.3 Å². The third-order valence-electron chi connectivity index (χ3n) is 3.15. The minimum absolute atomic E-state index is 0.0688. The van der Waals surface area contributed by atoms with Crippen molar-refractivity contribution >= 4 is 11.9 Å². The zero-order chi connectivity index (χ0) is 17.6. The van der Waals surface area contributed by atoms with Crippen molar-refractivity contribution in [3.63, 3.8) is 0 Å². The maximum atomic E-state index is 13.1. The van der Waals surface area contributed by atoms with Crippen molar-refractivity contribution in [2.24, 2.45) is 0 Å². The van der Waals surface area contributed by atoms with Crippen LogP contribution in [0.2, 0.25) is 0 Å². The number of rotatable bonds is 2. The van der Waals surface area contributed by atoms with Gasteiger partial charge in [-0.1, -0.05) is 0 Å². The molecule has 6 nitrogen and oxygen atoms in total. The molecule has 0 unspecified atom stereocenters. The predicted molar refractivity (Wildman–Crippen MR) is 73.4 cm³/mol. The standard InChI is InChI=1S/C14H18F3N3O3/c1-8(21)5-20-10-7-19(12(22)23-13(2,3)4)6-9(10)11(18-20)14(15,16)17/h5-7H2,1-4H3. The monoisotopic (exact) mass is 333 g/mol. The number of halogens is 3. The van der Waals surface area contributed by atoms with Crippen LogP contribution in [0.1, 0.15) is 44.6 Å². The highest BCUT2D eigenvalue weighted by Gasteiger charge is 2.43. The van der Waals surface area contributed by atoms with Crippen LogP contribution in [-0.2, 0) is 35.3 Å². The summed E-state index contributed by atoms with van der Waals surface area (Å²) in [7, 11) is 0. The number of alkyl halides is 3. The van der Waals surface area contributed by atoms with E-state index in [0.29, 0.717) is 0 Å². The maximum Gasteiger partial charge on any atom is 0.435 e. The van der Waals surface area contributed by atoms with Gasteiger partial charge in [0.15, 0.2) is 11.5 Å². The van der Waals surface area contributed by atoms with Gasteiger partial charge in [0.25, 0.3) is 0 Å². The fraction of sp³-hybridized carbons (Fsp3) is 0.643. The molecule has 0 N–H and O–H groups in total. The minimum atomic E-state index is -4.64. The SMILES string of the molecule is CC(=O)Cn1nc(C(F)(F)F)c2c1CN(C(=O)OC(C)(C)C)C2. The maximum absolute atomic E-state index is 13.1. The van der Waals surface area contributed by atoms with Crippen molar-refractivity contribution in [2.75, 3.05) is 0 Å². The molecule has 0 saturated heterocycles. The van der Waals surface area contributed by atoms with Crippen molar-refractivity contribution in [3.05, 3.63) is 17.0 Å². The van der Waals surface area contributed by atoms with Gasteiger partial charge in [-0.25, -0.2) is 4.79 Å². The van der Waals surface area contributed by atoms with E-state index in [9.17, 15) is 22.8 Å². The Labute approximate surface area is 131 Å². The number of Topliss-reactive ketones (excluding diaryl/α,β-unsaturated/α-hetero) is 1. The lowest BCUT2D eigenvalue weighted by molar-refractivity contribution is -0.142. The molecule has 1 aromatic rings. The third kappa shape index (κ3) is 3.83. The van der Waals surface area contributed by atoms with Crippen molar-refractivity contribution in [1.29, 1.82) is 0 Å². The Morgan fingerprint density at radius 2 is 1.83 bits per heavy atom. The number of carbonyl (C=O) groups excluding carboxylic acids is 2. The highest BCUT2D eigenvalue weighted by Crippen LogP contribution is 2.37. The molecular weight excluding hydrogens is 315 g/mol. The van der Waals surface area contributed by atoms with Crippen LogP contribution in [-0.4, -0.2) is 32.2 Å². The van der Waals surface area contributed by atoms with Gasteiger partial charge in [0.05, 0.1) is 25.3 Å². The summed E-state index contributed by atoms with van der Waals surface area (Å²) in [6, 6.07) is 0. The molecule has 0 aliphatic carbocycles. The van der Waals surface area contributed by atoms with Gasteiger partial charge in [-0.15, -0.1) is 0 Å². The van der Waals surface area contributed by atoms with E-state index in [0.717, 1.165) is 4.68 Å². The Kier molecular flexibility index (Phi) is 4.16. The lowest BCUT2D eigenvalue weighted by Crippen LogP contribution is -2.34. The summed E-state index contributed by atoms with van der Waals surface area (Å²) in [5.74, 6) is -0.320. The first-order valence-electron chi connectivity index (χ1n) is 7.01. The Morgan fingerprint density at radius 1 is 1.22 bits per heavy atom.